The van der Waals surface area contributed by atoms with Crippen LogP contribution in [0.2, 0.25) is 0 Å². The van der Waals surface area contributed by atoms with Crippen molar-refractivity contribution in [2.24, 2.45) is 0 Å². The SMILES string of the molecule is CCOc1ncccc1C(=O)N(C)C1CN(c2cc3c(nn2)CCC3)C1. The van der Waals surface area contributed by atoms with Gasteiger partial charge in [0.15, 0.2) is 5.82 Å². The van der Waals surface area contributed by atoms with Crippen LogP contribution in [0.1, 0.15) is 35.0 Å². The number of carbonyl (C=O) groups is 1. The molecule has 0 atom stereocenters. The van der Waals surface area contributed by atoms with Crippen LogP contribution in [-0.4, -0.2) is 58.8 Å². The van der Waals surface area contributed by atoms with Crippen LogP contribution in [0.5, 0.6) is 5.88 Å². The molecule has 0 unspecified atom stereocenters. The molecular weight excluding hydrogens is 330 g/mol. The highest BCUT2D eigenvalue weighted by Gasteiger charge is 2.35. The Kier molecular flexibility index (Phi) is 4.44. The Balaban J connectivity index is 1.41. The second-order valence-electron chi connectivity index (χ2n) is 6.79. The number of rotatable bonds is 5. The summed E-state index contributed by atoms with van der Waals surface area (Å²) in [4.78, 5) is 21.0. The molecule has 2 aromatic rings. The summed E-state index contributed by atoms with van der Waals surface area (Å²) in [6.45, 7) is 3.89. The second-order valence-corrected chi connectivity index (χ2v) is 6.79. The number of pyridine rings is 1. The largest absolute Gasteiger partial charge is 0.477 e. The Bertz CT molecular complexity index is 819. The van der Waals surface area contributed by atoms with Crippen molar-refractivity contribution < 1.29 is 9.53 Å². The van der Waals surface area contributed by atoms with Crippen molar-refractivity contribution in [3.8, 4) is 5.88 Å². The summed E-state index contributed by atoms with van der Waals surface area (Å²) in [5.74, 6) is 1.25. The van der Waals surface area contributed by atoms with E-state index in [4.69, 9.17) is 4.74 Å². The molecule has 1 saturated heterocycles. The topological polar surface area (TPSA) is 71.5 Å². The van der Waals surface area contributed by atoms with E-state index in [2.05, 4.69) is 26.1 Å². The monoisotopic (exact) mass is 353 g/mol. The number of aryl methyl sites for hydroxylation is 2. The van der Waals surface area contributed by atoms with Crippen LogP contribution >= 0.6 is 0 Å². The molecule has 0 aromatic carbocycles. The molecule has 1 amide bonds. The molecule has 7 heteroatoms. The van der Waals surface area contributed by atoms with Gasteiger partial charge in [0.05, 0.1) is 18.3 Å². The van der Waals surface area contributed by atoms with Gasteiger partial charge in [-0.3, -0.25) is 4.79 Å². The van der Waals surface area contributed by atoms with Gasteiger partial charge in [0.1, 0.15) is 5.56 Å². The predicted molar refractivity (Wildman–Crippen MR) is 97.6 cm³/mol. The summed E-state index contributed by atoms with van der Waals surface area (Å²) in [7, 11) is 1.83. The van der Waals surface area contributed by atoms with Gasteiger partial charge in [-0.15, -0.1) is 5.10 Å². The average molecular weight is 353 g/mol. The summed E-state index contributed by atoms with van der Waals surface area (Å²) in [6.07, 6.45) is 4.93. The number of anilines is 1. The Morgan fingerprint density at radius 3 is 3.00 bits per heavy atom. The quantitative estimate of drug-likeness (QED) is 0.815. The number of carbonyl (C=O) groups excluding carboxylic acids is 1. The number of fused-ring (bicyclic) bond motifs is 1. The smallest absolute Gasteiger partial charge is 0.259 e. The fourth-order valence-corrected chi connectivity index (χ4v) is 3.52. The van der Waals surface area contributed by atoms with Gasteiger partial charge in [-0.25, -0.2) is 4.98 Å². The van der Waals surface area contributed by atoms with Gasteiger partial charge in [0, 0.05) is 26.3 Å². The fourth-order valence-electron chi connectivity index (χ4n) is 3.52. The number of nitrogens with zero attached hydrogens (tertiary/aromatic N) is 5. The Hall–Kier alpha value is -2.70. The van der Waals surface area contributed by atoms with Crippen LogP contribution in [-0.2, 0) is 12.8 Å². The van der Waals surface area contributed by atoms with E-state index < -0.39 is 0 Å². The third-order valence-electron chi connectivity index (χ3n) is 5.14. The van der Waals surface area contributed by atoms with Crippen molar-refractivity contribution in [1.29, 1.82) is 0 Å². The van der Waals surface area contributed by atoms with Crippen LogP contribution in [0.3, 0.4) is 0 Å². The lowest BCUT2D eigenvalue weighted by Gasteiger charge is -2.44. The normalized spacial score (nSPS) is 16.2. The van der Waals surface area contributed by atoms with Gasteiger partial charge in [-0.05, 0) is 49.9 Å². The first-order chi connectivity index (χ1) is 12.7. The van der Waals surface area contributed by atoms with E-state index in [0.29, 0.717) is 18.1 Å². The van der Waals surface area contributed by atoms with E-state index in [0.717, 1.165) is 37.4 Å². The highest BCUT2D eigenvalue weighted by molar-refractivity contribution is 5.96. The van der Waals surface area contributed by atoms with Crippen molar-refractivity contribution in [3.05, 3.63) is 41.2 Å². The number of likely N-dealkylation sites (N-methyl/N-ethyl adjacent to an activating group) is 1. The van der Waals surface area contributed by atoms with Crippen LogP contribution in [0.15, 0.2) is 24.4 Å². The van der Waals surface area contributed by atoms with E-state index in [1.54, 1.807) is 23.2 Å². The number of ether oxygens (including phenoxy) is 1. The summed E-state index contributed by atoms with van der Waals surface area (Å²) in [5.41, 5.74) is 2.96. The average Bonchev–Trinajstić information content (AvgIpc) is 3.08. The molecule has 0 spiro atoms. The summed E-state index contributed by atoms with van der Waals surface area (Å²) >= 11 is 0. The molecule has 0 saturated carbocycles. The Morgan fingerprint density at radius 1 is 1.35 bits per heavy atom. The zero-order valence-electron chi connectivity index (χ0n) is 15.2. The van der Waals surface area contributed by atoms with Crippen LogP contribution in [0, 0.1) is 0 Å². The molecule has 2 aromatic heterocycles. The predicted octanol–water partition coefficient (Wildman–Crippen LogP) is 1.72. The molecule has 26 heavy (non-hydrogen) atoms. The lowest BCUT2D eigenvalue weighted by Crippen LogP contribution is -2.60. The highest BCUT2D eigenvalue weighted by atomic mass is 16.5. The second kappa shape index (κ2) is 6.90. The van der Waals surface area contributed by atoms with Crippen molar-refractivity contribution in [3.63, 3.8) is 0 Å². The van der Waals surface area contributed by atoms with E-state index >= 15 is 0 Å². The van der Waals surface area contributed by atoms with Crippen molar-refractivity contribution >= 4 is 11.7 Å². The molecule has 7 nitrogen and oxygen atoms in total. The molecule has 0 bridgehead atoms. The molecule has 3 heterocycles. The molecule has 1 aliphatic carbocycles. The first kappa shape index (κ1) is 16.8. The van der Waals surface area contributed by atoms with Gasteiger partial charge in [-0.1, -0.05) is 0 Å². The van der Waals surface area contributed by atoms with E-state index in [-0.39, 0.29) is 11.9 Å². The van der Waals surface area contributed by atoms with Crippen LogP contribution in [0.4, 0.5) is 5.82 Å². The number of aromatic nitrogens is 3. The van der Waals surface area contributed by atoms with Gasteiger partial charge < -0.3 is 14.5 Å². The highest BCUT2D eigenvalue weighted by Crippen LogP contribution is 2.27. The molecule has 1 aliphatic heterocycles. The molecule has 0 radical (unpaired) electrons. The standard InChI is InChI=1S/C19H23N5O2/c1-3-26-18-15(7-5-9-20-18)19(25)23(2)14-11-24(12-14)17-10-13-6-4-8-16(13)21-22-17/h5,7,9-10,14H,3-4,6,8,11-12H2,1-2H3. The lowest BCUT2D eigenvalue weighted by molar-refractivity contribution is 0.0700. The number of hydrogen-bond acceptors (Lipinski definition) is 6. The molecular formula is C19H23N5O2. The third-order valence-corrected chi connectivity index (χ3v) is 5.14. The zero-order chi connectivity index (χ0) is 18.1. The maximum atomic E-state index is 12.8. The van der Waals surface area contributed by atoms with E-state index in [1.807, 2.05) is 14.0 Å². The Morgan fingerprint density at radius 2 is 2.19 bits per heavy atom. The maximum Gasteiger partial charge on any atom is 0.259 e. The molecule has 4 rings (SSSR count). The maximum absolute atomic E-state index is 12.8. The number of amides is 1. The van der Waals surface area contributed by atoms with E-state index in [1.165, 1.54) is 12.0 Å². The fraction of sp³-hybridized carbons (Fsp3) is 0.474. The molecule has 0 N–H and O–H groups in total. The van der Waals surface area contributed by atoms with Gasteiger partial charge in [0.25, 0.3) is 5.91 Å². The van der Waals surface area contributed by atoms with Gasteiger partial charge in [0.2, 0.25) is 5.88 Å². The zero-order valence-corrected chi connectivity index (χ0v) is 15.2. The lowest BCUT2D eigenvalue weighted by atomic mass is 10.1. The minimum atomic E-state index is -0.0637. The summed E-state index contributed by atoms with van der Waals surface area (Å²) < 4.78 is 5.49. The van der Waals surface area contributed by atoms with E-state index in [9.17, 15) is 4.79 Å². The van der Waals surface area contributed by atoms with Crippen molar-refractivity contribution in [1.82, 2.24) is 20.1 Å². The van der Waals surface area contributed by atoms with Gasteiger partial charge in [-0.2, -0.15) is 5.10 Å². The third kappa shape index (κ3) is 2.98. The summed E-state index contributed by atoms with van der Waals surface area (Å²) in [6, 6.07) is 5.82. The van der Waals surface area contributed by atoms with Crippen LogP contribution in [0.25, 0.3) is 0 Å². The minimum absolute atomic E-state index is 0.0637. The minimum Gasteiger partial charge on any atom is -0.477 e. The molecule has 1 fully saturated rings. The van der Waals surface area contributed by atoms with Crippen molar-refractivity contribution in [2.45, 2.75) is 32.2 Å². The first-order valence-electron chi connectivity index (χ1n) is 9.12. The van der Waals surface area contributed by atoms with Crippen LogP contribution < -0.4 is 9.64 Å². The van der Waals surface area contributed by atoms with Gasteiger partial charge >= 0.3 is 0 Å². The molecule has 136 valence electrons. The first-order valence-corrected chi connectivity index (χ1v) is 9.12. The number of hydrogen-bond donors (Lipinski definition) is 0. The Labute approximate surface area is 153 Å². The van der Waals surface area contributed by atoms with Crippen molar-refractivity contribution in [2.75, 3.05) is 31.6 Å². The summed E-state index contributed by atoms with van der Waals surface area (Å²) in [5, 5.41) is 8.70. The molecule has 2 aliphatic rings.